The third kappa shape index (κ3) is 7.47. The second-order valence-electron chi connectivity index (χ2n) is 8.16. The minimum absolute atomic E-state index is 0.238. The van der Waals surface area contributed by atoms with Crippen molar-refractivity contribution in [1.82, 2.24) is 5.43 Å². The fourth-order valence-electron chi connectivity index (χ4n) is 3.48. The molecule has 4 rings (SSSR count). The van der Waals surface area contributed by atoms with Gasteiger partial charge >= 0.3 is 5.97 Å². The van der Waals surface area contributed by atoms with Crippen LogP contribution in [-0.4, -0.2) is 31.1 Å². The number of methoxy groups -OCH3 is 1. The van der Waals surface area contributed by atoms with Crippen molar-refractivity contribution in [3.05, 3.63) is 122 Å². The summed E-state index contributed by atoms with van der Waals surface area (Å²) in [6.07, 6.45) is 1.35. The molecule has 0 aliphatic heterocycles. The van der Waals surface area contributed by atoms with E-state index < -0.39 is 17.8 Å². The van der Waals surface area contributed by atoms with E-state index in [9.17, 15) is 14.4 Å². The van der Waals surface area contributed by atoms with Crippen LogP contribution in [0.25, 0.3) is 0 Å². The van der Waals surface area contributed by atoms with Crippen LogP contribution in [0, 0.1) is 0 Å². The number of hydrogen-bond donors (Lipinski definition) is 2. The first-order chi connectivity index (χ1) is 19.2. The SMILES string of the molecule is COc1ccc(Cl)cc1C(=O)Nc1cccc(C(=O)NN=Cc2cc(Br)ccc2OC(=O)c2ccc(Cl)cc2)c1. The van der Waals surface area contributed by atoms with Gasteiger partial charge in [-0.1, -0.05) is 45.2 Å². The number of nitrogens with zero attached hydrogens (tertiary/aromatic N) is 1. The molecule has 0 bridgehead atoms. The number of hydrogen-bond acceptors (Lipinski definition) is 6. The van der Waals surface area contributed by atoms with Gasteiger partial charge in [0.2, 0.25) is 0 Å². The van der Waals surface area contributed by atoms with Crippen molar-refractivity contribution in [3.63, 3.8) is 0 Å². The van der Waals surface area contributed by atoms with Crippen LogP contribution in [-0.2, 0) is 0 Å². The van der Waals surface area contributed by atoms with Crippen LogP contribution < -0.4 is 20.2 Å². The fourth-order valence-corrected chi connectivity index (χ4v) is 4.15. The van der Waals surface area contributed by atoms with Crippen LogP contribution in [0.4, 0.5) is 5.69 Å². The summed E-state index contributed by atoms with van der Waals surface area (Å²) in [4.78, 5) is 38.1. The number of rotatable bonds is 8. The standard InChI is InChI=1S/C29H20BrCl2N3O5/c1-39-26-12-10-22(32)15-24(26)28(37)34-23-4-2-3-18(14-23)27(36)35-33-16-19-13-20(30)7-11-25(19)40-29(38)17-5-8-21(31)9-6-17/h2-16H,1H3,(H,34,37)(H,35,36). The third-order valence-electron chi connectivity index (χ3n) is 5.41. The van der Waals surface area contributed by atoms with Crippen molar-refractivity contribution in [2.75, 3.05) is 12.4 Å². The molecule has 0 heterocycles. The molecular formula is C29H20BrCl2N3O5. The molecule has 0 unspecified atom stereocenters. The molecule has 0 saturated carbocycles. The highest BCUT2D eigenvalue weighted by Gasteiger charge is 2.15. The monoisotopic (exact) mass is 639 g/mol. The van der Waals surface area contributed by atoms with Gasteiger partial charge in [0.05, 0.1) is 24.5 Å². The summed E-state index contributed by atoms with van der Waals surface area (Å²) in [6.45, 7) is 0. The molecule has 11 heteroatoms. The van der Waals surface area contributed by atoms with Crippen molar-refractivity contribution in [3.8, 4) is 11.5 Å². The number of carbonyl (C=O) groups excluding carboxylic acids is 3. The van der Waals surface area contributed by atoms with Crippen LogP contribution in [0.15, 0.2) is 94.5 Å². The summed E-state index contributed by atoms with van der Waals surface area (Å²) in [6, 6.07) is 22.3. The number of hydrazone groups is 1. The van der Waals surface area contributed by atoms with Crippen molar-refractivity contribution in [1.29, 1.82) is 0 Å². The number of nitrogens with one attached hydrogen (secondary N) is 2. The van der Waals surface area contributed by atoms with Crippen molar-refractivity contribution in [2.24, 2.45) is 5.10 Å². The van der Waals surface area contributed by atoms with Gasteiger partial charge in [-0.05, 0) is 78.9 Å². The van der Waals surface area contributed by atoms with Gasteiger partial charge in [-0.2, -0.15) is 5.10 Å². The van der Waals surface area contributed by atoms with E-state index in [2.05, 4.69) is 31.8 Å². The second kappa shape index (κ2) is 13.3. The van der Waals surface area contributed by atoms with Gasteiger partial charge in [0.25, 0.3) is 11.8 Å². The highest BCUT2D eigenvalue weighted by molar-refractivity contribution is 9.10. The molecule has 2 N–H and O–H groups in total. The van der Waals surface area contributed by atoms with E-state index in [1.165, 1.54) is 25.5 Å². The van der Waals surface area contributed by atoms with Crippen molar-refractivity contribution in [2.45, 2.75) is 0 Å². The molecule has 2 amide bonds. The fraction of sp³-hybridized carbons (Fsp3) is 0.0345. The maximum atomic E-state index is 12.8. The number of halogens is 3. The maximum Gasteiger partial charge on any atom is 0.343 e. The highest BCUT2D eigenvalue weighted by atomic mass is 79.9. The Labute approximate surface area is 248 Å². The van der Waals surface area contributed by atoms with Gasteiger partial charge in [-0.3, -0.25) is 9.59 Å². The largest absolute Gasteiger partial charge is 0.496 e. The van der Waals surface area contributed by atoms with E-state index in [4.69, 9.17) is 32.7 Å². The first kappa shape index (κ1) is 28.8. The van der Waals surface area contributed by atoms with Crippen LogP contribution in [0.5, 0.6) is 11.5 Å². The Balaban J connectivity index is 1.44. The van der Waals surface area contributed by atoms with E-state index in [1.54, 1.807) is 72.8 Å². The predicted molar refractivity (Wildman–Crippen MR) is 158 cm³/mol. The molecule has 0 aromatic heterocycles. The Morgan fingerprint density at radius 2 is 1.55 bits per heavy atom. The Kier molecular flexibility index (Phi) is 9.55. The molecule has 0 fully saturated rings. The van der Waals surface area contributed by atoms with Gasteiger partial charge in [-0.25, -0.2) is 10.2 Å². The van der Waals surface area contributed by atoms with Crippen molar-refractivity contribution >= 4 is 68.8 Å². The lowest BCUT2D eigenvalue weighted by atomic mass is 10.1. The normalized spacial score (nSPS) is 10.7. The number of esters is 1. The third-order valence-corrected chi connectivity index (χ3v) is 6.39. The number of carbonyl (C=O) groups is 3. The zero-order valence-electron chi connectivity index (χ0n) is 20.8. The average molecular weight is 641 g/mol. The van der Waals surface area contributed by atoms with Gasteiger partial charge in [-0.15, -0.1) is 0 Å². The molecule has 4 aromatic carbocycles. The quantitative estimate of drug-likeness (QED) is 0.0934. The topological polar surface area (TPSA) is 106 Å². The summed E-state index contributed by atoms with van der Waals surface area (Å²) in [5, 5.41) is 7.62. The molecule has 202 valence electrons. The first-order valence-corrected chi connectivity index (χ1v) is 13.1. The van der Waals surface area contributed by atoms with Crippen LogP contribution in [0.1, 0.15) is 36.6 Å². The maximum absolute atomic E-state index is 12.8. The van der Waals surface area contributed by atoms with E-state index in [1.807, 2.05) is 0 Å². The Hall–Kier alpha value is -4.18. The minimum Gasteiger partial charge on any atom is -0.496 e. The number of benzene rings is 4. The van der Waals surface area contributed by atoms with Crippen LogP contribution >= 0.6 is 39.1 Å². The van der Waals surface area contributed by atoms with E-state index >= 15 is 0 Å². The minimum atomic E-state index is -0.577. The van der Waals surface area contributed by atoms with E-state index in [0.717, 1.165) is 0 Å². The first-order valence-electron chi connectivity index (χ1n) is 11.6. The molecule has 0 saturated heterocycles. The summed E-state index contributed by atoms with van der Waals surface area (Å²) in [7, 11) is 1.45. The smallest absolute Gasteiger partial charge is 0.343 e. The average Bonchev–Trinajstić information content (AvgIpc) is 2.94. The summed E-state index contributed by atoms with van der Waals surface area (Å²) in [5.41, 5.74) is 4.07. The molecular weight excluding hydrogens is 621 g/mol. The molecule has 0 aliphatic carbocycles. The number of anilines is 1. The Bertz CT molecular complexity index is 1610. The molecule has 0 atom stereocenters. The van der Waals surface area contributed by atoms with Crippen LogP contribution in [0.3, 0.4) is 0 Å². The zero-order chi connectivity index (χ0) is 28.6. The van der Waals surface area contributed by atoms with E-state index in [-0.39, 0.29) is 16.9 Å². The highest BCUT2D eigenvalue weighted by Crippen LogP contribution is 2.25. The molecule has 0 spiro atoms. The van der Waals surface area contributed by atoms with Crippen LogP contribution in [0.2, 0.25) is 10.0 Å². The molecule has 40 heavy (non-hydrogen) atoms. The van der Waals surface area contributed by atoms with Crippen molar-refractivity contribution < 1.29 is 23.9 Å². The summed E-state index contributed by atoms with van der Waals surface area (Å²) < 4.78 is 11.5. The Morgan fingerprint density at radius 3 is 2.30 bits per heavy atom. The molecule has 4 aromatic rings. The Morgan fingerprint density at radius 1 is 0.825 bits per heavy atom. The predicted octanol–water partition coefficient (Wildman–Crippen LogP) is 7.00. The van der Waals surface area contributed by atoms with Gasteiger partial charge in [0.1, 0.15) is 11.5 Å². The zero-order valence-corrected chi connectivity index (χ0v) is 23.9. The molecule has 8 nitrogen and oxygen atoms in total. The van der Waals surface area contributed by atoms with Gasteiger partial charge in [0.15, 0.2) is 0 Å². The van der Waals surface area contributed by atoms with Gasteiger partial charge < -0.3 is 14.8 Å². The molecule has 0 aliphatic rings. The second-order valence-corrected chi connectivity index (χ2v) is 9.95. The number of ether oxygens (including phenoxy) is 2. The number of amides is 2. The summed E-state index contributed by atoms with van der Waals surface area (Å²) in [5.74, 6) is -0.960. The lowest BCUT2D eigenvalue weighted by molar-refractivity contribution is 0.0734. The summed E-state index contributed by atoms with van der Waals surface area (Å²) >= 11 is 15.3. The van der Waals surface area contributed by atoms with Gasteiger partial charge in [0, 0.05) is 31.3 Å². The lowest BCUT2D eigenvalue weighted by Gasteiger charge is -2.10. The van der Waals surface area contributed by atoms with E-state index in [0.29, 0.717) is 37.1 Å². The lowest BCUT2D eigenvalue weighted by Crippen LogP contribution is -2.18. The molecule has 0 radical (unpaired) electrons.